The fraction of sp³-hybridized carbons (Fsp3) is 0.706. The van der Waals surface area contributed by atoms with Crippen LogP contribution in [0.25, 0.3) is 0 Å². The minimum absolute atomic E-state index is 0.289. The Morgan fingerprint density at radius 2 is 2.10 bits per heavy atom. The number of hydrogen-bond donors (Lipinski definition) is 1. The summed E-state index contributed by atoms with van der Waals surface area (Å²) in [5.74, 6) is 0. The van der Waals surface area contributed by atoms with Gasteiger partial charge in [-0.3, -0.25) is 9.88 Å². The molecule has 1 aromatic rings. The molecule has 0 saturated carbocycles. The second-order valence-corrected chi connectivity index (χ2v) is 5.94. The van der Waals surface area contributed by atoms with E-state index in [1.807, 2.05) is 6.20 Å². The molecule has 0 atom stereocenters. The number of nitrogens with zero attached hydrogens (tertiary/aromatic N) is 2. The van der Waals surface area contributed by atoms with Crippen molar-refractivity contribution < 1.29 is 0 Å². The first kappa shape index (κ1) is 15.5. The lowest BCUT2D eigenvalue weighted by Gasteiger charge is -2.35. The highest BCUT2D eigenvalue weighted by Crippen LogP contribution is 2.21. The number of rotatable bonds is 5. The summed E-state index contributed by atoms with van der Waals surface area (Å²) >= 11 is 0. The highest BCUT2D eigenvalue weighted by Gasteiger charge is 2.30. The molecule has 1 fully saturated rings. The zero-order valence-electron chi connectivity index (χ0n) is 13.3. The van der Waals surface area contributed by atoms with Gasteiger partial charge in [0.05, 0.1) is 5.69 Å². The van der Waals surface area contributed by atoms with Gasteiger partial charge in [0.25, 0.3) is 0 Å². The average molecular weight is 275 g/mol. The maximum atomic E-state index is 4.61. The van der Waals surface area contributed by atoms with E-state index in [1.54, 1.807) is 0 Å². The van der Waals surface area contributed by atoms with Crippen LogP contribution in [0.4, 0.5) is 0 Å². The van der Waals surface area contributed by atoms with Crippen molar-refractivity contribution in [1.82, 2.24) is 15.2 Å². The number of aryl methyl sites for hydroxylation is 1. The van der Waals surface area contributed by atoms with Crippen molar-refractivity contribution in [2.45, 2.75) is 58.5 Å². The molecule has 1 N–H and O–H groups in total. The lowest BCUT2D eigenvalue weighted by Crippen LogP contribution is -2.50. The number of pyridine rings is 1. The first-order chi connectivity index (χ1) is 9.73. The van der Waals surface area contributed by atoms with Gasteiger partial charge in [-0.25, -0.2) is 0 Å². The fourth-order valence-electron chi connectivity index (χ4n) is 3.23. The molecule has 0 aromatic carbocycles. The normalized spacial score (nSPS) is 19.8. The van der Waals surface area contributed by atoms with Crippen molar-refractivity contribution >= 4 is 0 Å². The number of aromatic nitrogens is 1. The maximum Gasteiger partial charge on any atom is 0.0575 e. The van der Waals surface area contributed by atoms with Crippen LogP contribution in [0, 0.1) is 0 Å². The van der Waals surface area contributed by atoms with E-state index in [-0.39, 0.29) is 5.54 Å². The molecule has 0 bridgehead atoms. The molecular weight excluding hydrogens is 246 g/mol. The van der Waals surface area contributed by atoms with Crippen molar-refractivity contribution in [3.05, 3.63) is 29.6 Å². The SMILES string of the molecule is CCc1cccnc1CN1CCCNC(CC)(CC)C1. The van der Waals surface area contributed by atoms with Crippen LogP contribution in [0.5, 0.6) is 0 Å². The third kappa shape index (κ3) is 3.58. The highest BCUT2D eigenvalue weighted by molar-refractivity contribution is 5.19. The number of hydrogen-bond acceptors (Lipinski definition) is 3. The summed E-state index contributed by atoms with van der Waals surface area (Å²) in [5.41, 5.74) is 2.94. The van der Waals surface area contributed by atoms with E-state index >= 15 is 0 Å². The monoisotopic (exact) mass is 275 g/mol. The quantitative estimate of drug-likeness (QED) is 0.895. The van der Waals surface area contributed by atoms with Crippen molar-refractivity contribution in [1.29, 1.82) is 0 Å². The summed E-state index contributed by atoms with van der Waals surface area (Å²) in [6, 6.07) is 4.26. The molecule has 112 valence electrons. The molecule has 1 aliphatic heterocycles. The summed E-state index contributed by atoms with van der Waals surface area (Å²) in [6.07, 6.45) is 6.63. The van der Waals surface area contributed by atoms with Crippen molar-refractivity contribution in [2.75, 3.05) is 19.6 Å². The van der Waals surface area contributed by atoms with Crippen LogP contribution in [-0.4, -0.2) is 35.1 Å². The first-order valence-electron chi connectivity index (χ1n) is 8.13. The molecule has 0 aliphatic carbocycles. The van der Waals surface area contributed by atoms with Crippen LogP contribution in [0.15, 0.2) is 18.3 Å². The van der Waals surface area contributed by atoms with Gasteiger partial charge in [0.1, 0.15) is 0 Å². The molecule has 1 saturated heterocycles. The summed E-state index contributed by atoms with van der Waals surface area (Å²) in [4.78, 5) is 7.20. The van der Waals surface area contributed by atoms with E-state index in [2.05, 4.69) is 48.1 Å². The van der Waals surface area contributed by atoms with Gasteiger partial charge in [-0.05, 0) is 50.4 Å². The van der Waals surface area contributed by atoms with E-state index < -0.39 is 0 Å². The standard InChI is InChI=1S/C17H29N3/c1-4-15-9-7-10-18-16(15)13-20-12-8-11-19-17(5-2,6-3)14-20/h7,9-10,19H,4-6,8,11-14H2,1-3H3. The molecule has 3 heteroatoms. The Balaban J connectivity index is 2.11. The van der Waals surface area contributed by atoms with Crippen LogP contribution in [0.1, 0.15) is 51.3 Å². The fourth-order valence-corrected chi connectivity index (χ4v) is 3.23. The third-order valence-electron chi connectivity index (χ3n) is 4.77. The van der Waals surface area contributed by atoms with Crippen LogP contribution in [0.2, 0.25) is 0 Å². The predicted molar refractivity (Wildman–Crippen MR) is 84.8 cm³/mol. The molecular formula is C17H29N3. The van der Waals surface area contributed by atoms with E-state index in [0.29, 0.717) is 0 Å². The molecule has 0 amide bonds. The molecule has 1 aromatic heterocycles. The summed E-state index contributed by atoms with van der Waals surface area (Å²) in [7, 11) is 0. The minimum atomic E-state index is 0.289. The molecule has 0 radical (unpaired) electrons. The van der Waals surface area contributed by atoms with Gasteiger partial charge in [-0.1, -0.05) is 26.8 Å². The van der Waals surface area contributed by atoms with Crippen LogP contribution >= 0.6 is 0 Å². The second kappa shape index (κ2) is 7.19. The Morgan fingerprint density at radius 3 is 2.80 bits per heavy atom. The Hall–Kier alpha value is -0.930. The average Bonchev–Trinajstić information content (AvgIpc) is 2.71. The van der Waals surface area contributed by atoms with E-state index in [0.717, 1.165) is 26.1 Å². The van der Waals surface area contributed by atoms with Gasteiger partial charge >= 0.3 is 0 Å². The smallest absolute Gasteiger partial charge is 0.0575 e. The van der Waals surface area contributed by atoms with Gasteiger partial charge in [0.2, 0.25) is 0 Å². The predicted octanol–water partition coefficient (Wildman–Crippen LogP) is 3.00. The minimum Gasteiger partial charge on any atom is -0.310 e. The summed E-state index contributed by atoms with van der Waals surface area (Å²) in [5, 5.41) is 3.78. The molecule has 2 rings (SSSR count). The molecule has 1 aliphatic rings. The van der Waals surface area contributed by atoms with Crippen molar-refractivity contribution in [3.63, 3.8) is 0 Å². The zero-order chi connectivity index (χ0) is 14.4. The molecule has 0 spiro atoms. The second-order valence-electron chi connectivity index (χ2n) is 5.94. The first-order valence-corrected chi connectivity index (χ1v) is 8.13. The van der Waals surface area contributed by atoms with Crippen molar-refractivity contribution in [2.24, 2.45) is 0 Å². The highest BCUT2D eigenvalue weighted by atomic mass is 15.2. The van der Waals surface area contributed by atoms with Gasteiger partial charge in [0, 0.05) is 24.8 Å². The topological polar surface area (TPSA) is 28.2 Å². The number of nitrogens with one attached hydrogen (secondary N) is 1. The zero-order valence-corrected chi connectivity index (χ0v) is 13.3. The lowest BCUT2D eigenvalue weighted by molar-refractivity contribution is 0.189. The molecule has 3 nitrogen and oxygen atoms in total. The Morgan fingerprint density at radius 1 is 1.30 bits per heavy atom. The van der Waals surface area contributed by atoms with E-state index in [4.69, 9.17) is 0 Å². The van der Waals surface area contributed by atoms with Crippen LogP contribution < -0.4 is 5.32 Å². The third-order valence-corrected chi connectivity index (χ3v) is 4.77. The Bertz CT molecular complexity index is 412. The largest absolute Gasteiger partial charge is 0.310 e. The summed E-state index contributed by atoms with van der Waals surface area (Å²) < 4.78 is 0. The molecule has 2 heterocycles. The molecule has 0 unspecified atom stereocenters. The van der Waals surface area contributed by atoms with Gasteiger partial charge in [-0.2, -0.15) is 0 Å². The Labute approximate surface area is 123 Å². The van der Waals surface area contributed by atoms with Crippen molar-refractivity contribution in [3.8, 4) is 0 Å². The Kier molecular flexibility index (Phi) is 5.55. The van der Waals surface area contributed by atoms with Gasteiger partial charge in [-0.15, -0.1) is 0 Å². The van der Waals surface area contributed by atoms with Crippen LogP contribution in [-0.2, 0) is 13.0 Å². The van der Waals surface area contributed by atoms with Gasteiger partial charge in [0.15, 0.2) is 0 Å². The maximum absolute atomic E-state index is 4.61. The lowest BCUT2D eigenvalue weighted by atomic mass is 9.92. The van der Waals surface area contributed by atoms with Crippen LogP contribution in [0.3, 0.4) is 0 Å². The summed E-state index contributed by atoms with van der Waals surface area (Å²) in [6.45, 7) is 11.3. The van der Waals surface area contributed by atoms with Gasteiger partial charge < -0.3 is 5.32 Å². The van der Waals surface area contributed by atoms with E-state index in [1.165, 1.54) is 37.1 Å². The molecule has 20 heavy (non-hydrogen) atoms. The van der Waals surface area contributed by atoms with E-state index in [9.17, 15) is 0 Å².